The van der Waals surface area contributed by atoms with Gasteiger partial charge in [0.2, 0.25) is 11.6 Å². The lowest BCUT2D eigenvalue weighted by Crippen LogP contribution is -2.64. The highest BCUT2D eigenvalue weighted by atomic mass is 16.8. The van der Waals surface area contributed by atoms with Crippen molar-refractivity contribution in [2.45, 2.75) is 43.2 Å². The maximum absolute atomic E-state index is 10.7. The van der Waals surface area contributed by atoms with Crippen LogP contribution in [-0.2, 0) is 26.4 Å². The lowest BCUT2D eigenvalue weighted by atomic mass is 9.87. The van der Waals surface area contributed by atoms with Crippen molar-refractivity contribution in [3.8, 4) is 5.75 Å². The zero-order valence-electron chi connectivity index (χ0n) is 16.4. The number of hydrogen-bond acceptors (Lipinski definition) is 7. The van der Waals surface area contributed by atoms with Gasteiger partial charge in [-0.25, -0.2) is 0 Å². The van der Waals surface area contributed by atoms with Crippen LogP contribution in [0.4, 0.5) is 0 Å². The van der Waals surface area contributed by atoms with Gasteiger partial charge in [-0.3, -0.25) is 0 Å². The predicted molar refractivity (Wildman–Crippen MR) is 103 cm³/mol. The summed E-state index contributed by atoms with van der Waals surface area (Å²) >= 11 is 0. The van der Waals surface area contributed by atoms with Crippen LogP contribution in [0.3, 0.4) is 0 Å². The zero-order chi connectivity index (χ0) is 20.6. The Hall–Kier alpha value is -2.00. The van der Waals surface area contributed by atoms with E-state index in [2.05, 4.69) is 0 Å². The largest absolute Gasteiger partial charge is 0.494 e. The molecule has 0 saturated carbocycles. The highest BCUT2D eigenvalue weighted by molar-refractivity contribution is 5.35. The molecule has 2 heterocycles. The van der Waals surface area contributed by atoms with E-state index in [1.54, 1.807) is 6.07 Å². The Morgan fingerprint density at radius 2 is 1.79 bits per heavy atom. The van der Waals surface area contributed by atoms with E-state index in [0.717, 1.165) is 16.9 Å². The quantitative estimate of drug-likeness (QED) is 0.670. The van der Waals surface area contributed by atoms with Crippen LogP contribution in [0.25, 0.3) is 0 Å². The molecule has 29 heavy (non-hydrogen) atoms. The van der Waals surface area contributed by atoms with Crippen molar-refractivity contribution in [3.63, 3.8) is 0 Å². The molecule has 3 N–H and O–H groups in total. The molecular weight excluding hydrogens is 376 g/mol. The van der Waals surface area contributed by atoms with Gasteiger partial charge in [0.1, 0.15) is 30.7 Å². The number of aliphatic hydroxyl groups excluding tert-OH is 3. The summed E-state index contributed by atoms with van der Waals surface area (Å²) in [6, 6.07) is 15.3. The Morgan fingerprint density at radius 1 is 1.03 bits per heavy atom. The molecule has 2 bridgehead atoms. The van der Waals surface area contributed by atoms with Gasteiger partial charge in [-0.15, -0.1) is 0 Å². The molecule has 2 saturated heterocycles. The van der Waals surface area contributed by atoms with Crippen molar-refractivity contribution in [2.75, 3.05) is 20.3 Å². The van der Waals surface area contributed by atoms with E-state index in [9.17, 15) is 15.3 Å². The Kier molecular flexibility index (Phi) is 5.37. The molecule has 4 rings (SSSR count). The number of methoxy groups -OCH3 is 1. The third-order valence-corrected chi connectivity index (χ3v) is 5.62. The van der Waals surface area contributed by atoms with Gasteiger partial charge in [0, 0.05) is 12.7 Å². The molecule has 2 aliphatic heterocycles. The molecule has 7 nitrogen and oxygen atoms in total. The number of hydrogen-bond donors (Lipinski definition) is 3. The molecule has 2 aromatic carbocycles. The second-order valence-electron chi connectivity index (χ2n) is 7.41. The number of benzene rings is 2. The number of ether oxygens (including phenoxy) is 4. The molecule has 156 valence electrons. The SMILES string of the molecule is CCOc1ccc(Cc2cccc([C@]34OC[C@](OC)(O3)[C@@H](O)[C@H](O)[C@H]4O)c2)cc1. The molecule has 5 atom stereocenters. The minimum atomic E-state index is -1.61. The maximum Gasteiger partial charge on any atom is 0.227 e. The smallest absolute Gasteiger partial charge is 0.227 e. The minimum absolute atomic E-state index is 0.109. The van der Waals surface area contributed by atoms with Crippen LogP contribution < -0.4 is 4.74 Å². The fraction of sp³-hybridized carbons (Fsp3) is 0.455. The number of fused-ring (bicyclic) bond motifs is 2. The first kappa shape index (κ1) is 20.3. The molecule has 0 unspecified atom stereocenters. The lowest BCUT2D eigenvalue weighted by molar-refractivity contribution is -0.375. The van der Waals surface area contributed by atoms with E-state index in [4.69, 9.17) is 18.9 Å². The Bertz CT molecular complexity index is 854. The first-order valence-corrected chi connectivity index (χ1v) is 9.69. The summed E-state index contributed by atoms with van der Waals surface area (Å²) in [5.74, 6) is -2.31. The number of aliphatic hydroxyl groups is 3. The fourth-order valence-electron chi connectivity index (χ4n) is 4.01. The summed E-state index contributed by atoms with van der Waals surface area (Å²) in [6.07, 6.45) is -3.71. The van der Waals surface area contributed by atoms with Crippen molar-refractivity contribution < 1.29 is 34.3 Å². The average molecular weight is 402 g/mol. The summed E-state index contributed by atoms with van der Waals surface area (Å²) in [5, 5.41) is 31.4. The summed E-state index contributed by atoms with van der Waals surface area (Å²) in [6.45, 7) is 2.46. The third kappa shape index (κ3) is 3.34. The van der Waals surface area contributed by atoms with Crippen molar-refractivity contribution >= 4 is 0 Å². The second kappa shape index (κ2) is 7.68. The zero-order valence-corrected chi connectivity index (χ0v) is 16.4. The lowest BCUT2D eigenvalue weighted by Gasteiger charge is -2.45. The van der Waals surface area contributed by atoms with E-state index in [1.165, 1.54) is 7.11 Å². The van der Waals surface area contributed by atoms with Crippen LogP contribution in [0, 0.1) is 0 Å². The molecule has 0 spiro atoms. The van der Waals surface area contributed by atoms with E-state index < -0.39 is 29.9 Å². The molecule has 7 heteroatoms. The highest BCUT2D eigenvalue weighted by Crippen LogP contribution is 2.49. The minimum Gasteiger partial charge on any atom is -0.494 e. The molecule has 2 aromatic rings. The van der Waals surface area contributed by atoms with Gasteiger partial charge in [-0.1, -0.05) is 30.3 Å². The van der Waals surface area contributed by atoms with Gasteiger partial charge < -0.3 is 34.3 Å². The molecule has 0 aromatic heterocycles. The summed E-state index contributed by atoms with van der Waals surface area (Å²) in [4.78, 5) is 0. The van der Waals surface area contributed by atoms with E-state index >= 15 is 0 Å². The van der Waals surface area contributed by atoms with Crippen LogP contribution in [0.5, 0.6) is 5.75 Å². The Labute approximate surface area is 169 Å². The molecule has 0 radical (unpaired) electrons. The third-order valence-electron chi connectivity index (χ3n) is 5.62. The van der Waals surface area contributed by atoms with Gasteiger partial charge in [0.25, 0.3) is 0 Å². The first-order chi connectivity index (χ1) is 13.9. The average Bonchev–Trinajstić information content (AvgIpc) is 3.13. The van der Waals surface area contributed by atoms with E-state index in [-0.39, 0.29) is 6.61 Å². The van der Waals surface area contributed by atoms with Gasteiger partial charge >= 0.3 is 0 Å². The second-order valence-corrected chi connectivity index (χ2v) is 7.41. The molecule has 2 fully saturated rings. The van der Waals surface area contributed by atoms with E-state index in [0.29, 0.717) is 18.6 Å². The number of rotatable bonds is 6. The summed E-state index contributed by atoms with van der Waals surface area (Å²) < 4.78 is 22.5. The fourth-order valence-corrected chi connectivity index (χ4v) is 4.01. The first-order valence-electron chi connectivity index (χ1n) is 9.69. The standard InChI is InChI=1S/C22H26O7/c1-3-27-17-9-7-14(8-10-17)11-15-5-4-6-16(12-15)22-20(25)18(23)19(24)21(26-2,29-22)13-28-22/h4-10,12,18-20,23-25H,3,11,13H2,1-2H3/t18-,19-,20+,21-,22-/m0/s1. The van der Waals surface area contributed by atoms with Crippen molar-refractivity contribution in [1.82, 2.24) is 0 Å². The monoisotopic (exact) mass is 402 g/mol. The van der Waals surface area contributed by atoms with Crippen molar-refractivity contribution in [3.05, 3.63) is 65.2 Å². The van der Waals surface area contributed by atoms with Crippen molar-refractivity contribution in [1.29, 1.82) is 0 Å². The van der Waals surface area contributed by atoms with Crippen LogP contribution in [-0.4, -0.2) is 59.7 Å². The van der Waals surface area contributed by atoms with Crippen LogP contribution >= 0.6 is 0 Å². The summed E-state index contributed by atoms with van der Waals surface area (Å²) in [7, 11) is 1.37. The van der Waals surface area contributed by atoms with Crippen LogP contribution in [0.15, 0.2) is 48.5 Å². The molecule has 0 aliphatic carbocycles. The molecular formula is C22H26O7. The maximum atomic E-state index is 10.7. The van der Waals surface area contributed by atoms with Gasteiger partial charge in [-0.2, -0.15) is 0 Å². The topological polar surface area (TPSA) is 97.6 Å². The molecule has 2 aliphatic rings. The molecule has 0 amide bonds. The van der Waals surface area contributed by atoms with Gasteiger partial charge in [0.15, 0.2) is 0 Å². The highest BCUT2D eigenvalue weighted by Gasteiger charge is 2.67. The predicted octanol–water partition coefficient (Wildman–Crippen LogP) is 1.31. The van der Waals surface area contributed by atoms with E-state index in [1.807, 2.05) is 49.4 Å². The van der Waals surface area contributed by atoms with Gasteiger partial charge in [0.05, 0.1) is 6.61 Å². The Morgan fingerprint density at radius 3 is 2.48 bits per heavy atom. The van der Waals surface area contributed by atoms with Crippen LogP contribution in [0.2, 0.25) is 0 Å². The van der Waals surface area contributed by atoms with Gasteiger partial charge in [-0.05, 0) is 42.7 Å². The summed E-state index contributed by atoms with van der Waals surface area (Å²) in [5.41, 5.74) is 2.64. The van der Waals surface area contributed by atoms with Crippen LogP contribution in [0.1, 0.15) is 23.6 Å². The van der Waals surface area contributed by atoms with Crippen molar-refractivity contribution in [2.24, 2.45) is 0 Å². The normalized spacial score (nSPS) is 33.6. The Balaban J connectivity index is 1.61.